The number of hydrogen-bond donors (Lipinski definition) is 0. The maximum atomic E-state index is 12.7. The van der Waals surface area contributed by atoms with E-state index >= 15 is 0 Å². The molecule has 1 fully saturated rings. The van der Waals surface area contributed by atoms with Gasteiger partial charge in [0, 0.05) is 51.4 Å². The molecule has 0 unspecified atom stereocenters. The van der Waals surface area contributed by atoms with E-state index in [-0.39, 0.29) is 11.9 Å². The summed E-state index contributed by atoms with van der Waals surface area (Å²) >= 11 is 0. The Balaban J connectivity index is 1.61. The van der Waals surface area contributed by atoms with Crippen LogP contribution in [0.5, 0.6) is 0 Å². The molecule has 24 heavy (non-hydrogen) atoms. The molecule has 1 saturated heterocycles. The van der Waals surface area contributed by atoms with Crippen molar-refractivity contribution >= 4 is 5.91 Å². The fourth-order valence-electron chi connectivity index (χ4n) is 3.37. The molecule has 0 N–H and O–H groups in total. The van der Waals surface area contributed by atoms with Crippen LogP contribution >= 0.6 is 0 Å². The first-order valence-corrected chi connectivity index (χ1v) is 8.72. The monoisotopic (exact) mass is 326 g/mol. The Morgan fingerprint density at radius 1 is 1.25 bits per heavy atom. The smallest absolute Gasteiger partial charge is 0.224 e. The second-order valence-corrected chi connectivity index (χ2v) is 6.39. The van der Waals surface area contributed by atoms with Crippen molar-refractivity contribution in [2.24, 2.45) is 0 Å². The Bertz CT molecular complexity index is 667. The molecule has 2 heterocycles. The van der Waals surface area contributed by atoms with Crippen LogP contribution in [0.4, 0.5) is 0 Å². The van der Waals surface area contributed by atoms with Crippen molar-refractivity contribution in [3.63, 3.8) is 0 Å². The zero-order chi connectivity index (χ0) is 16.9. The highest BCUT2D eigenvalue weighted by atomic mass is 16.2. The van der Waals surface area contributed by atoms with Gasteiger partial charge in [-0.1, -0.05) is 37.3 Å². The van der Waals surface area contributed by atoms with E-state index < -0.39 is 0 Å². The predicted molar refractivity (Wildman–Crippen MR) is 94.6 cm³/mol. The molecule has 0 radical (unpaired) electrons. The van der Waals surface area contributed by atoms with E-state index in [1.807, 2.05) is 23.4 Å². The zero-order valence-electron chi connectivity index (χ0n) is 14.6. The number of benzene rings is 1. The van der Waals surface area contributed by atoms with Crippen LogP contribution in [0.1, 0.15) is 30.8 Å². The molecular formula is C19H26N4O. The number of aryl methyl sites for hydroxylation is 2. The second-order valence-electron chi connectivity index (χ2n) is 6.39. The van der Waals surface area contributed by atoms with Crippen molar-refractivity contribution in [2.75, 3.05) is 26.7 Å². The number of likely N-dealkylation sites (N-methyl/N-ethyl adjacent to an activating group) is 1. The molecule has 0 bridgehead atoms. The molecule has 0 spiro atoms. The van der Waals surface area contributed by atoms with Gasteiger partial charge in [0.1, 0.15) is 5.82 Å². The summed E-state index contributed by atoms with van der Waals surface area (Å²) in [4.78, 5) is 21.3. The van der Waals surface area contributed by atoms with E-state index in [0.29, 0.717) is 13.0 Å². The van der Waals surface area contributed by atoms with Crippen LogP contribution in [0.25, 0.3) is 0 Å². The zero-order valence-corrected chi connectivity index (χ0v) is 14.6. The first-order chi connectivity index (χ1) is 11.7. The first kappa shape index (κ1) is 16.7. The van der Waals surface area contributed by atoms with E-state index in [9.17, 15) is 4.79 Å². The number of amides is 1. The van der Waals surface area contributed by atoms with Crippen LogP contribution in [0.15, 0.2) is 42.7 Å². The number of carbonyl (C=O) groups excluding carboxylic acids is 1. The average Bonchev–Trinajstić information content (AvgIpc) is 3.08. The Labute approximate surface area is 143 Å². The van der Waals surface area contributed by atoms with E-state index in [0.717, 1.165) is 31.9 Å². The third-order valence-electron chi connectivity index (χ3n) is 4.87. The highest BCUT2D eigenvalue weighted by Crippen LogP contribution is 2.24. The molecular weight excluding hydrogens is 300 g/mol. The molecule has 1 aliphatic heterocycles. The van der Waals surface area contributed by atoms with Gasteiger partial charge >= 0.3 is 0 Å². The summed E-state index contributed by atoms with van der Waals surface area (Å²) in [5.74, 6) is 1.28. The Morgan fingerprint density at radius 2 is 2.04 bits per heavy atom. The number of carbonyl (C=O) groups is 1. The van der Waals surface area contributed by atoms with Gasteiger partial charge in [0.15, 0.2) is 0 Å². The summed E-state index contributed by atoms with van der Waals surface area (Å²) in [5, 5.41) is 0. The Hall–Kier alpha value is -2.14. The summed E-state index contributed by atoms with van der Waals surface area (Å²) in [7, 11) is 2.14. The van der Waals surface area contributed by atoms with Crippen molar-refractivity contribution in [2.45, 2.75) is 32.4 Å². The van der Waals surface area contributed by atoms with Gasteiger partial charge in [-0.2, -0.15) is 0 Å². The van der Waals surface area contributed by atoms with E-state index in [4.69, 9.17) is 0 Å². The van der Waals surface area contributed by atoms with Crippen LogP contribution in [-0.4, -0.2) is 51.9 Å². The minimum Gasteiger partial charge on any atom is -0.339 e. The van der Waals surface area contributed by atoms with Crippen LogP contribution < -0.4 is 0 Å². The Kier molecular flexibility index (Phi) is 5.30. The summed E-state index contributed by atoms with van der Waals surface area (Å²) in [5.41, 5.74) is 1.28. The molecule has 1 aliphatic rings. The minimum atomic E-state index is 0.236. The lowest BCUT2D eigenvalue weighted by Crippen LogP contribution is -2.49. The fourth-order valence-corrected chi connectivity index (χ4v) is 3.37. The quantitative estimate of drug-likeness (QED) is 0.847. The molecule has 2 aromatic rings. The molecule has 0 saturated carbocycles. The topological polar surface area (TPSA) is 41.4 Å². The van der Waals surface area contributed by atoms with E-state index in [1.165, 1.54) is 5.56 Å². The number of hydrogen-bond acceptors (Lipinski definition) is 3. The minimum absolute atomic E-state index is 0.236. The lowest BCUT2D eigenvalue weighted by molar-refractivity contribution is -0.134. The van der Waals surface area contributed by atoms with Gasteiger partial charge in [-0.3, -0.25) is 9.69 Å². The number of imidazole rings is 1. The summed E-state index contributed by atoms with van der Waals surface area (Å²) < 4.78 is 2.09. The molecule has 3 rings (SSSR count). The van der Waals surface area contributed by atoms with Gasteiger partial charge in [0.25, 0.3) is 0 Å². The largest absolute Gasteiger partial charge is 0.339 e. The molecule has 1 amide bonds. The number of nitrogens with zero attached hydrogens (tertiary/aromatic N) is 4. The summed E-state index contributed by atoms with van der Waals surface area (Å²) in [6, 6.07) is 10.7. The third-order valence-corrected chi connectivity index (χ3v) is 4.87. The summed E-state index contributed by atoms with van der Waals surface area (Å²) in [6.45, 7) is 5.29. The van der Waals surface area contributed by atoms with Gasteiger partial charge in [-0.15, -0.1) is 0 Å². The first-order valence-electron chi connectivity index (χ1n) is 8.72. The lowest BCUT2D eigenvalue weighted by Gasteiger charge is -2.39. The van der Waals surface area contributed by atoms with Crippen LogP contribution in [-0.2, 0) is 17.8 Å². The van der Waals surface area contributed by atoms with Crippen molar-refractivity contribution in [3.05, 3.63) is 54.1 Å². The highest BCUT2D eigenvalue weighted by Gasteiger charge is 2.28. The molecule has 128 valence electrons. The van der Waals surface area contributed by atoms with Gasteiger partial charge in [-0.05, 0) is 12.6 Å². The lowest BCUT2D eigenvalue weighted by atomic mass is 10.0. The standard InChI is InChI=1S/C19H26N4O/c1-3-18-20-10-12-22(18)11-9-19(24)23-14-13-21(2)17(15-23)16-7-5-4-6-8-16/h4-8,10,12,17H,3,9,11,13-15H2,1-2H3/t17-/m0/s1. The number of rotatable bonds is 5. The molecule has 1 aromatic carbocycles. The number of aromatic nitrogens is 2. The highest BCUT2D eigenvalue weighted by molar-refractivity contribution is 5.76. The average molecular weight is 326 g/mol. The third kappa shape index (κ3) is 3.67. The summed E-state index contributed by atoms with van der Waals surface area (Å²) in [6.07, 6.45) is 5.20. The molecule has 5 nitrogen and oxygen atoms in total. The van der Waals surface area contributed by atoms with Crippen LogP contribution in [0.3, 0.4) is 0 Å². The van der Waals surface area contributed by atoms with E-state index in [1.54, 1.807) is 0 Å². The van der Waals surface area contributed by atoms with Gasteiger partial charge < -0.3 is 9.47 Å². The van der Waals surface area contributed by atoms with Gasteiger partial charge in [-0.25, -0.2) is 4.98 Å². The van der Waals surface area contributed by atoms with Gasteiger partial charge in [0.05, 0.1) is 6.04 Å². The fraction of sp³-hybridized carbons (Fsp3) is 0.474. The predicted octanol–water partition coefficient (Wildman–Crippen LogP) is 2.35. The van der Waals surface area contributed by atoms with E-state index in [2.05, 4.69) is 52.7 Å². The van der Waals surface area contributed by atoms with Crippen LogP contribution in [0.2, 0.25) is 0 Å². The van der Waals surface area contributed by atoms with Crippen molar-refractivity contribution in [1.82, 2.24) is 19.4 Å². The molecule has 1 aromatic heterocycles. The SMILES string of the molecule is CCc1nccn1CCC(=O)N1CCN(C)[C@H](c2ccccc2)C1. The maximum absolute atomic E-state index is 12.7. The van der Waals surface area contributed by atoms with Gasteiger partial charge in [0.2, 0.25) is 5.91 Å². The second kappa shape index (κ2) is 7.62. The van der Waals surface area contributed by atoms with Crippen molar-refractivity contribution < 1.29 is 4.79 Å². The van der Waals surface area contributed by atoms with Crippen LogP contribution in [0, 0.1) is 0 Å². The molecule has 0 aliphatic carbocycles. The Morgan fingerprint density at radius 3 is 2.79 bits per heavy atom. The molecule has 5 heteroatoms. The molecule has 1 atom stereocenters. The number of piperazine rings is 1. The van der Waals surface area contributed by atoms with Crippen molar-refractivity contribution in [3.8, 4) is 0 Å². The normalized spacial score (nSPS) is 18.8. The van der Waals surface area contributed by atoms with Crippen molar-refractivity contribution in [1.29, 1.82) is 0 Å². The maximum Gasteiger partial charge on any atom is 0.224 e.